The molecule has 112 valence electrons. The van der Waals surface area contributed by atoms with E-state index in [-0.39, 0.29) is 6.04 Å². The molecule has 0 spiro atoms. The Balaban J connectivity index is 2.59. The van der Waals surface area contributed by atoms with Crippen molar-refractivity contribution in [2.24, 2.45) is 0 Å². The SMILES string of the molecule is CCNC(c1cc(C)c(Br)cc1C)c1cccc(Br)c1C. The molecule has 21 heavy (non-hydrogen) atoms. The Morgan fingerprint density at radius 3 is 2.33 bits per heavy atom. The number of rotatable bonds is 4. The molecule has 0 aliphatic rings. The maximum atomic E-state index is 3.65. The fourth-order valence-corrected chi connectivity index (χ4v) is 3.48. The molecule has 1 atom stereocenters. The van der Waals surface area contributed by atoms with Crippen molar-refractivity contribution >= 4 is 31.9 Å². The molecular formula is C18H21Br2N. The molecule has 0 saturated carbocycles. The molecule has 2 rings (SSSR count). The lowest BCUT2D eigenvalue weighted by Crippen LogP contribution is -2.23. The van der Waals surface area contributed by atoms with Crippen LogP contribution in [0, 0.1) is 20.8 Å². The lowest BCUT2D eigenvalue weighted by atomic mass is 9.91. The first-order valence-corrected chi connectivity index (χ1v) is 8.79. The molecule has 0 aromatic heterocycles. The number of hydrogen-bond acceptors (Lipinski definition) is 1. The summed E-state index contributed by atoms with van der Waals surface area (Å²) in [6.07, 6.45) is 0. The molecular weight excluding hydrogens is 390 g/mol. The fraction of sp³-hybridized carbons (Fsp3) is 0.333. The van der Waals surface area contributed by atoms with Gasteiger partial charge in [0.15, 0.2) is 0 Å². The van der Waals surface area contributed by atoms with Gasteiger partial charge in [-0.05, 0) is 67.3 Å². The fourth-order valence-electron chi connectivity index (χ4n) is 2.64. The Bertz CT molecular complexity index is 650. The van der Waals surface area contributed by atoms with E-state index in [0.29, 0.717) is 0 Å². The number of aryl methyl sites for hydroxylation is 2. The zero-order chi connectivity index (χ0) is 15.6. The molecule has 0 heterocycles. The molecule has 3 heteroatoms. The Kier molecular flexibility index (Phi) is 5.64. The van der Waals surface area contributed by atoms with E-state index in [1.54, 1.807) is 0 Å². The minimum atomic E-state index is 0.222. The van der Waals surface area contributed by atoms with Crippen LogP contribution in [0.25, 0.3) is 0 Å². The minimum Gasteiger partial charge on any atom is -0.307 e. The van der Waals surface area contributed by atoms with Crippen LogP contribution >= 0.6 is 31.9 Å². The minimum absolute atomic E-state index is 0.222. The van der Waals surface area contributed by atoms with Gasteiger partial charge in [0, 0.05) is 8.95 Å². The monoisotopic (exact) mass is 409 g/mol. The molecule has 0 radical (unpaired) electrons. The third kappa shape index (κ3) is 3.58. The summed E-state index contributed by atoms with van der Waals surface area (Å²) in [5, 5.41) is 3.63. The topological polar surface area (TPSA) is 12.0 Å². The molecule has 1 unspecified atom stereocenters. The predicted molar refractivity (Wildman–Crippen MR) is 98.0 cm³/mol. The normalized spacial score (nSPS) is 12.5. The standard InChI is InChI=1S/C18H21Br2N/c1-5-21-18(14-7-6-8-16(19)13(14)4)15-9-12(3)17(20)10-11(15)2/h6-10,18,21H,5H2,1-4H3. The Morgan fingerprint density at radius 2 is 1.67 bits per heavy atom. The van der Waals surface area contributed by atoms with E-state index in [1.165, 1.54) is 32.3 Å². The van der Waals surface area contributed by atoms with Gasteiger partial charge < -0.3 is 5.32 Å². The smallest absolute Gasteiger partial charge is 0.0582 e. The van der Waals surface area contributed by atoms with Crippen LogP contribution < -0.4 is 5.32 Å². The first-order valence-electron chi connectivity index (χ1n) is 7.20. The highest BCUT2D eigenvalue weighted by Gasteiger charge is 2.18. The summed E-state index contributed by atoms with van der Waals surface area (Å²) in [6, 6.07) is 11.1. The van der Waals surface area contributed by atoms with Crippen molar-refractivity contribution in [2.45, 2.75) is 33.7 Å². The largest absolute Gasteiger partial charge is 0.307 e. The summed E-state index contributed by atoms with van der Waals surface area (Å²) in [5.74, 6) is 0. The van der Waals surface area contributed by atoms with Crippen molar-refractivity contribution in [3.63, 3.8) is 0 Å². The Morgan fingerprint density at radius 1 is 0.952 bits per heavy atom. The average molecular weight is 411 g/mol. The molecule has 0 saturated heterocycles. The van der Waals surface area contributed by atoms with Crippen LogP contribution in [0.5, 0.6) is 0 Å². The Labute approximate surface area is 144 Å². The van der Waals surface area contributed by atoms with Crippen LogP contribution in [-0.4, -0.2) is 6.54 Å². The second-order valence-corrected chi connectivity index (χ2v) is 7.11. The summed E-state index contributed by atoms with van der Waals surface area (Å²) < 4.78 is 2.33. The number of halogens is 2. The van der Waals surface area contributed by atoms with Gasteiger partial charge in [-0.25, -0.2) is 0 Å². The van der Waals surface area contributed by atoms with Crippen LogP contribution in [0.4, 0.5) is 0 Å². The van der Waals surface area contributed by atoms with Crippen molar-refractivity contribution in [2.75, 3.05) is 6.54 Å². The van der Waals surface area contributed by atoms with Crippen LogP contribution in [-0.2, 0) is 0 Å². The van der Waals surface area contributed by atoms with E-state index in [0.717, 1.165) is 11.0 Å². The maximum Gasteiger partial charge on any atom is 0.0582 e. The van der Waals surface area contributed by atoms with Crippen molar-refractivity contribution < 1.29 is 0 Å². The lowest BCUT2D eigenvalue weighted by molar-refractivity contribution is 0.624. The molecule has 0 bridgehead atoms. The van der Waals surface area contributed by atoms with E-state index >= 15 is 0 Å². The van der Waals surface area contributed by atoms with Crippen LogP contribution in [0.2, 0.25) is 0 Å². The predicted octanol–water partition coefficient (Wildman–Crippen LogP) is 5.84. The van der Waals surface area contributed by atoms with Crippen LogP contribution in [0.3, 0.4) is 0 Å². The van der Waals surface area contributed by atoms with Gasteiger partial charge in [-0.15, -0.1) is 0 Å². The average Bonchev–Trinajstić information content (AvgIpc) is 2.44. The lowest BCUT2D eigenvalue weighted by Gasteiger charge is -2.24. The van der Waals surface area contributed by atoms with Gasteiger partial charge >= 0.3 is 0 Å². The van der Waals surface area contributed by atoms with Crippen LogP contribution in [0.1, 0.15) is 40.8 Å². The molecule has 2 aromatic rings. The first-order chi connectivity index (χ1) is 9.95. The van der Waals surface area contributed by atoms with E-state index in [2.05, 4.69) is 95.2 Å². The molecule has 0 aliphatic heterocycles. The third-order valence-corrected chi connectivity index (χ3v) is 5.60. The van der Waals surface area contributed by atoms with Crippen molar-refractivity contribution in [1.29, 1.82) is 0 Å². The molecule has 1 N–H and O–H groups in total. The van der Waals surface area contributed by atoms with Crippen LogP contribution in [0.15, 0.2) is 39.3 Å². The van der Waals surface area contributed by atoms with Gasteiger partial charge in [0.2, 0.25) is 0 Å². The van der Waals surface area contributed by atoms with Gasteiger partial charge in [-0.1, -0.05) is 57.0 Å². The summed E-state index contributed by atoms with van der Waals surface area (Å²) >= 11 is 7.27. The molecule has 2 aromatic carbocycles. The van der Waals surface area contributed by atoms with E-state index < -0.39 is 0 Å². The van der Waals surface area contributed by atoms with Crippen molar-refractivity contribution in [3.8, 4) is 0 Å². The van der Waals surface area contributed by atoms with Gasteiger partial charge in [-0.2, -0.15) is 0 Å². The van der Waals surface area contributed by atoms with Gasteiger partial charge in [-0.3, -0.25) is 0 Å². The van der Waals surface area contributed by atoms with Crippen molar-refractivity contribution in [3.05, 3.63) is 67.1 Å². The van der Waals surface area contributed by atoms with Gasteiger partial charge in [0.05, 0.1) is 6.04 Å². The highest BCUT2D eigenvalue weighted by atomic mass is 79.9. The first kappa shape index (κ1) is 16.7. The molecule has 0 fully saturated rings. The van der Waals surface area contributed by atoms with Crippen molar-refractivity contribution in [1.82, 2.24) is 5.32 Å². The van der Waals surface area contributed by atoms with E-state index in [9.17, 15) is 0 Å². The summed E-state index contributed by atoms with van der Waals surface area (Å²) in [4.78, 5) is 0. The zero-order valence-corrected chi connectivity index (χ0v) is 16.1. The maximum absolute atomic E-state index is 3.65. The highest BCUT2D eigenvalue weighted by molar-refractivity contribution is 9.10. The van der Waals surface area contributed by atoms with E-state index in [4.69, 9.17) is 0 Å². The molecule has 0 aliphatic carbocycles. The highest BCUT2D eigenvalue weighted by Crippen LogP contribution is 2.32. The number of benzene rings is 2. The Hall–Kier alpha value is -0.640. The summed E-state index contributed by atoms with van der Waals surface area (Å²) in [7, 11) is 0. The van der Waals surface area contributed by atoms with E-state index in [1.807, 2.05) is 0 Å². The zero-order valence-electron chi connectivity index (χ0n) is 12.9. The quantitative estimate of drug-likeness (QED) is 0.667. The molecule has 1 nitrogen and oxygen atoms in total. The summed E-state index contributed by atoms with van der Waals surface area (Å²) in [5.41, 5.74) is 6.54. The number of hydrogen-bond donors (Lipinski definition) is 1. The second kappa shape index (κ2) is 7.08. The summed E-state index contributed by atoms with van der Waals surface area (Å²) in [6.45, 7) is 9.58. The number of nitrogens with one attached hydrogen (secondary N) is 1. The molecule has 0 amide bonds. The second-order valence-electron chi connectivity index (χ2n) is 5.40. The third-order valence-electron chi connectivity index (χ3n) is 3.89. The van der Waals surface area contributed by atoms with Gasteiger partial charge in [0.1, 0.15) is 0 Å². The van der Waals surface area contributed by atoms with Gasteiger partial charge in [0.25, 0.3) is 0 Å².